The Morgan fingerprint density at radius 2 is 1.79 bits per heavy atom. The van der Waals surface area contributed by atoms with Gasteiger partial charge in [-0.15, -0.1) is 0 Å². The molecule has 0 saturated carbocycles. The van der Waals surface area contributed by atoms with Crippen molar-refractivity contribution in [1.29, 1.82) is 0 Å². The summed E-state index contributed by atoms with van der Waals surface area (Å²) in [6.07, 6.45) is 1.98. The zero-order valence-corrected chi connectivity index (χ0v) is 25.6. The van der Waals surface area contributed by atoms with Crippen molar-refractivity contribution in [3.8, 4) is 5.75 Å². The average Bonchev–Trinajstić information content (AvgIpc) is 2.89. The summed E-state index contributed by atoms with van der Waals surface area (Å²) >= 11 is 0. The third-order valence-corrected chi connectivity index (χ3v) is 8.30. The lowest BCUT2D eigenvalue weighted by Crippen LogP contribution is -2.64. The topological polar surface area (TPSA) is 163 Å². The first kappa shape index (κ1) is 31.9. The summed E-state index contributed by atoms with van der Waals surface area (Å²) in [7, 11) is 6.91. The minimum absolute atomic E-state index is 0.0375. The number of aliphatic hydroxyl groups is 2. The van der Waals surface area contributed by atoms with Gasteiger partial charge in [-0.05, 0) is 57.0 Å². The second-order valence-corrected chi connectivity index (χ2v) is 11.7. The van der Waals surface area contributed by atoms with Crippen LogP contribution in [-0.4, -0.2) is 90.9 Å². The number of nitrogens with zero attached hydrogens (tertiary/aromatic N) is 2. The van der Waals surface area contributed by atoms with E-state index in [1.807, 2.05) is 37.3 Å². The number of aliphatic hydroxyl groups excluding tert-OH is 1. The fraction of sp³-hybridized carbons (Fsp3) is 0.516. The molecule has 1 aromatic rings. The molecule has 3 aliphatic rings. The van der Waals surface area contributed by atoms with Gasteiger partial charge in [-0.25, -0.2) is 0 Å². The van der Waals surface area contributed by atoms with E-state index in [0.29, 0.717) is 18.8 Å². The number of carbonyl (C=O) groups is 5. The van der Waals surface area contributed by atoms with Gasteiger partial charge in [0.25, 0.3) is 5.91 Å². The van der Waals surface area contributed by atoms with Gasteiger partial charge in [0.1, 0.15) is 22.8 Å². The van der Waals surface area contributed by atoms with Crippen molar-refractivity contribution in [1.82, 2.24) is 10.2 Å². The van der Waals surface area contributed by atoms with Crippen molar-refractivity contribution in [2.75, 3.05) is 39.7 Å². The molecule has 0 spiro atoms. The van der Waals surface area contributed by atoms with Crippen LogP contribution < -0.4 is 15.0 Å². The van der Waals surface area contributed by atoms with Crippen LogP contribution in [0.3, 0.4) is 0 Å². The predicted octanol–water partition coefficient (Wildman–Crippen LogP) is 1.84. The molecule has 4 atom stereocenters. The van der Waals surface area contributed by atoms with Crippen molar-refractivity contribution in [2.45, 2.75) is 58.1 Å². The first-order valence-corrected chi connectivity index (χ1v) is 14.3. The number of anilines is 1. The van der Waals surface area contributed by atoms with Crippen molar-refractivity contribution in [3.63, 3.8) is 0 Å². The number of imide groups is 1. The van der Waals surface area contributed by atoms with Gasteiger partial charge in [0.05, 0.1) is 18.2 Å². The van der Waals surface area contributed by atoms with Gasteiger partial charge in [-0.1, -0.05) is 13.3 Å². The lowest BCUT2D eigenvalue weighted by atomic mass is 9.58. The van der Waals surface area contributed by atoms with Gasteiger partial charge < -0.3 is 24.6 Å². The second kappa shape index (κ2) is 11.9. The molecule has 0 radical (unpaired) electrons. The molecule has 0 bridgehead atoms. The summed E-state index contributed by atoms with van der Waals surface area (Å²) in [5.41, 5.74) is -1.87. The highest BCUT2D eigenvalue weighted by Gasteiger charge is 2.64. The summed E-state index contributed by atoms with van der Waals surface area (Å²) in [6, 6.07) is 2.51. The third-order valence-electron chi connectivity index (χ3n) is 8.30. The Hall–Kier alpha value is -4.03. The summed E-state index contributed by atoms with van der Waals surface area (Å²) in [4.78, 5) is 68.8. The number of likely N-dealkylation sites (N-methyl/N-ethyl adjacent to an activating group) is 1. The van der Waals surface area contributed by atoms with Gasteiger partial charge in [0.15, 0.2) is 11.4 Å². The van der Waals surface area contributed by atoms with Crippen LogP contribution in [0, 0.1) is 11.8 Å². The van der Waals surface area contributed by atoms with Crippen LogP contribution >= 0.6 is 0 Å². The third kappa shape index (κ3) is 5.33. The van der Waals surface area contributed by atoms with E-state index in [9.17, 15) is 34.2 Å². The number of carbonyl (C=O) groups excluding carboxylic acids is 5. The van der Waals surface area contributed by atoms with E-state index in [-0.39, 0.29) is 23.3 Å². The number of ketones is 2. The van der Waals surface area contributed by atoms with Crippen LogP contribution in [0.15, 0.2) is 34.8 Å². The Morgan fingerprint density at radius 3 is 2.35 bits per heavy atom. The smallest absolute Gasteiger partial charge is 0.307 e. The lowest BCUT2D eigenvalue weighted by molar-refractivity contribution is -0.152. The molecular weight excluding hydrogens is 558 g/mol. The Kier molecular flexibility index (Phi) is 8.85. The molecule has 232 valence electrons. The Labute approximate surface area is 250 Å². The molecule has 0 heterocycles. The Bertz CT molecular complexity index is 1460. The molecule has 12 heteroatoms. The van der Waals surface area contributed by atoms with E-state index < -0.39 is 64.2 Å². The van der Waals surface area contributed by atoms with Crippen LogP contribution in [0.25, 0.3) is 0 Å². The standard InChI is InChI=1S/C31H39N3O9/c1-8-9-12-42-21-11-10-20(33(4)5)18-13-17-14-19-25(34(6)7)27(43-16(3)36)24(30(40)32-15(2)35)29(39)31(19,41)28(38)22(17)26(37)23(18)21/h10-11,17,19,25,38,41H,8-9,12-14H2,1-7H3,(H,32,35,40)/t17-,19-,25?,31-/m0/s1. The lowest BCUT2D eigenvalue weighted by Gasteiger charge is -2.50. The minimum Gasteiger partial charge on any atom is -0.508 e. The summed E-state index contributed by atoms with van der Waals surface area (Å²) in [5.74, 6) is -7.25. The molecule has 3 N–H and O–H groups in total. The largest absolute Gasteiger partial charge is 0.508 e. The van der Waals surface area contributed by atoms with E-state index in [1.54, 1.807) is 25.1 Å². The van der Waals surface area contributed by atoms with E-state index in [4.69, 9.17) is 9.47 Å². The van der Waals surface area contributed by atoms with Crippen LogP contribution in [0.1, 0.15) is 56.0 Å². The molecular formula is C31H39N3O9. The fourth-order valence-corrected chi connectivity index (χ4v) is 6.53. The number of unbranched alkanes of at least 4 members (excludes halogenated alkanes) is 1. The minimum atomic E-state index is -2.72. The van der Waals surface area contributed by atoms with Gasteiger partial charge in [-0.2, -0.15) is 0 Å². The highest BCUT2D eigenvalue weighted by Crippen LogP contribution is 2.53. The number of allylic oxidation sites excluding steroid dienone is 1. The first-order chi connectivity index (χ1) is 20.2. The normalized spacial score (nSPS) is 24.7. The Morgan fingerprint density at radius 1 is 1.12 bits per heavy atom. The van der Waals surface area contributed by atoms with Crippen molar-refractivity contribution >= 4 is 35.0 Å². The summed E-state index contributed by atoms with van der Waals surface area (Å²) in [6.45, 7) is 4.55. The summed E-state index contributed by atoms with van der Waals surface area (Å²) < 4.78 is 11.4. The van der Waals surface area contributed by atoms with Crippen LogP contribution in [0.2, 0.25) is 0 Å². The number of hydrogen-bond acceptors (Lipinski definition) is 11. The molecule has 43 heavy (non-hydrogen) atoms. The Balaban J connectivity index is 1.96. The molecule has 1 aromatic carbocycles. The predicted molar refractivity (Wildman–Crippen MR) is 156 cm³/mol. The van der Waals surface area contributed by atoms with Gasteiger partial charge in [0, 0.05) is 45.1 Å². The number of fused-ring (bicyclic) bond motifs is 3. The molecule has 12 nitrogen and oxygen atoms in total. The van der Waals surface area contributed by atoms with Crippen molar-refractivity contribution in [2.24, 2.45) is 11.8 Å². The van der Waals surface area contributed by atoms with E-state index in [2.05, 4.69) is 0 Å². The van der Waals surface area contributed by atoms with Gasteiger partial charge >= 0.3 is 5.97 Å². The second-order valence-electron chi connectivity index (χ2n) is 11.7. The highest BCUT2D eigenvalue weighted by molar-refractivity contribution is 6.27. The molecule has 0 fully saturated rings. The molecule has 2 amide bonds. The zero-order chi connectivity index (χ0) is 32.0. The molecule has 0 saturated heterocycles. The fourth-order valence-electron chi connectivity index (χ4n) is 6.53. The molecule has 0 aliphatic heterocycles. The van der Waals surface area contributed by atoms with Crippen molar-refractivity contribution in [3.05, 3.63) is 45.9 Å². The van der Waals surface area contributed by atoms with Crippen LogP contribution in [-0.2, 0) is 30.3 Å². The average molecular weight is 598 g/mol. The van der Waals surface area contributed by atoms with E-state index in [1.165, 1.54) is 0 Å². The monoisotopic (exact) mass is 597 g/mol. The summed E-state index contributed by atoms with van der Waals surface area (Å²) in [5, 5.41) is 25.9. The molecule has 1 unspecified atom stereocenters. The van der Waals surface area contributed by atoms with Gasteiger partial charge in [0.2, 0.25) is 11.7 Å². The van der Waals surface area contributed by atoms with Gasteiger partial charge in [-0.3, -0.25) is 34.2 Å². The molecule has 4 rings (SSSR count). The first-order valence-electron chi connectivity index (χ1n) is 14.3. The quantitative estimate of drug-likeness (QED) is 0.228. The maximum Gasteiger partial charge on any atom is 0.307 e. The van der Waals surface area contributed by atoms with E-state index in [0.717, 1.165) is 37.9 Å². The van der Waals surface area contributed by atoms with Crippen LogP contribution in [0.4, 0.5) is 5.69 Å². The number of Topliss-reactive ketones (excluding diaryl/α,β-unsaturated/α-hetero) is 2. The number of benzene rings is 1. The van der Waals surface area contributed by atoms with Crippen LogP contribution in [0.5, 0.6) is 5.75 Å². The number of nitrogens with one attached hydrogen (secondary N) is 1. The van der Waals surface area contributed by atoms with Crippen molar-refractivity contribution < 1.29 is 43.7 Å². The number of ether oxygens (including phenoxy) is 2. The number of hydrogen-bond donors (Lipinski definition) is 3. The maximum atomic E-state index is 14.2. The molecule has 3 aliphatic carbocycles. The number of rotatable bonds is 8. The zero-order valence-electron chi connectivity index (χ0n) is 25.6. The number of esters is 1. The van der Waals surface area contributed by atoms with E-state index >= 15 is 0 Å². The number of amides is 2. The SMILES string of the molecule is CCCCOc1ccc(N(C)C)c2c1C(=O)C1=C(O)[C@]3(O)C(=O)C(C(=O)NC(C)=O)=C(OC(C)=O)C(N(C)C)[C@@H]3C[C@@H]1C2. The highest BCUT2D eigenvalue weighted by atomic mass is 16.5. The maximum absolute atomic E-state index is 14.2. The molecule has 0 aromatic heterocycles.